The summed E-state index contributed by atoms with van der Waals surface area (Å²) in [5.41, 5.74) is 6.43. The highest BCUT2D eigenvalue weighted by Gasteiger charge is 2.19. The van der Waals surface area contributed by atoms with Crippen molar-refractivity contribution >= 4 is 94.9 Å². The topological polar surface area (TPSA) is 29.6 Å². The molecule has 0 atom stereocenters. The van der Waals surface area contributed by atoms with E-state index < -0.39 is 0 Å². The summed E-state index contributed by atoms with van der Waals surface area (Å²) in [6, 6.07) is 30.1. The number of nitrogens with zero attached hydrogens (tertiary/aromatic N) is 3. The zero-order valence-electron chi connectivity index (χ0n) is 21.8. The molecule has 0 radical (unpaired) electrons. The number of benzene rings is 4. The standard InChI is InChI=1S/C35H25N3S2/c1-4-23-25-14-10-15-27(34(25)40-31(23)5-2)33(28-19-20-39-35(28)36-3)37-21-38-29-16-9-8-13-26(29)32-24-12-7-6-11-22(24)17-18-30(32)38/h4-20H,1-3,21H2/b37-33-. The lowest BCUT2D eigenvalue weighted by molar-refractivity contribution is 0.793. The van der Waals surface area contributed by atoms with E-state index in [1.807, 2.05) is 12.2 Å². The number of para-hydroxylation sites is 1. The van der Waals surface area contributed by atoms with Gasteiger partial charge in [-0.25, -0.2) is 0 Å². The van der Waals surface area contributed by atoms with Gasteiger partial charge in [-0.15, -0.1) is 22.7 Å². The summed E-state index contributed by atoms with van der Waals surface area (Å²) in [6.45, 7) is 12.4. The Morgan fingerprint density at radius 1 is 0.775 bits per heavy atom. The number of hydrogen-bond donors (Lipinski definition) is 0. The highest BCUT2D eigenvalue weighted by atomic mass is 32.1. The molecule has 0 aliphatic carbocycles. The lowest BCUT2D eigenvalue weighted by Crippen LogP contribution is -2.06. The number of rotatable bonds is 7. The molecular weight excluding hydrogens is 527 g/mol. The Balaban J connectivity index is 1.49. The summed E-state index contributed by atoms with van der Waals surface area (Å²) in [7, 11) is 0. The average molecular weight is 552 g/mol. The van der Waals surface area contributed by atoms with Crippen molar-refractivity contribution in [3.8, 4) is 0 Å². The third-order valence-electron chi connectivity index (χ3n) is 7.50. The predicted molar refractivity (Wildman–Crippen MR) is 178 cm³/mol. The Bertz CT molecular complexity index is 2150. The van der Waals surface area contributed by atoms with Crippen molar-refractivity contribution in [3.63, 3.8) is 0 Å². The summed E-state index contributed by atoms with van der Waals surface area (Å²) in [4.78, 5) is 10.8. The van der Waals surface area contributed by atoms with Crippen molar-refractivity contribution in [2.75, 3.05) is 0 Å². The van der Waals surface area contributed by atoms with Crippen LogP contribution in [0.25, 0.3) is 54.8 Å². The van der Waals surface area contributed by atoms with Crippen LogP contribution >= 0.6 is 22.7 Å². The van der Waals surface area contributed by atoms with Gasteiger partial charge >= 0.3 is 0 Å². The molecule has 7 rings (SSSR count). The summed E-state index contributed by atoms with van der Waals surface area (Å²) in [6.07, 6.45) is 3.83. The van der Waals surface area contributed by atoms with Gasteiger partial charge in [0, 0.05) is 36.9 Å². The van der Waals surface area contributed by atoms with E-state index in [1.165, 1.54) is 37.3 Å². The second-order valence-corrected chi connectivity index (χ2v) is 11.5. The first kappa shape index (κ1) is 24.5. The smallest absolute Gasteiger partial charge is 0.124 e. The van der Waals surface area contributed by atoms with Crippen LogP contribution in [0.15, 0.2) is 113 Å². The number of aliphatic imine (C=N–C) groups is 2. The maximum absolute atomic E-state index is 5.36. The van der Waals surface area contributed by atoms with Crippen molar-refractivity contribution in [2.24, 2.45) is 9.98 Å². The fourth-order valence-corrected chi connectivity index (χ4v) is 7.61. The fraction of sp³-hybridized carbons (Fsp3) is 0.0286. The van der Waals surface area contributed by atoms with Crippen molar-refractivity contribution < 1.29 is 0 Å². The third-order valence-corrected chi connectivity index (χ3v) is 9.60. The van der Waals surface area contributed by atoms with E-state index in [0.29, 0.717) is 6.67 Å². The largest absolute Gasteiger partial charge is 0.320 e. The summed E-state index contributed by atoms with van der Waals surface area (Å²) in [5.74, 6) is 0. The van der Waals surface area contributed by atoms with Gasteiger partial charge in [-0.05, 0) is 46.6 Å². The summed E-state index contributed by atoms with van der Waals surface area (Å²) >= 11 is 3.30. The summed E-state index contributed by atoms with van der Waals surface area (Å²) in [5, 5.41) is 9.08. The molecule has 3 aromatic heterocycles. The average Bonchev–Trinajstić information content (AvgIpc) is 3.71. The Morgan fingerprint density at radius 2 is 1.57 bits per heavy atom. The van der Waals surface area contributed by atoms with Crippen molar-refractivity contribution in [1.82, 2.24) is 4.57 Å². The molecule has 4 aromatic carbocycles. The Morgan fingerprint density at radius 3 is 2.40 bits per heavy atom. The zero-order valence-corrected chi connectivity index (χ0v) is 23.4. The maximum Gasteiger partial charge on any atom is 0.124 e. The minimum atomic E-state index is 0.467. The molecule has 5 heteroatoms. The second kappa shape index (κ2) is 9.87. The maximum atomic E-state index is 5.36. The molecule has 3 nitrogen and oxygen atoms in total. The molecule has 3 heterocycles. The molecule has 0 bridgehead atoms. The van der Waals surface area contributed by atoms with Gasteiger partial charge in [0.2, 0.25) is 0 Å². The highest BCUT2D eigenvalue weighted by Crippen LogP contribution is 2.39. The van der Waals surface area contributed by atoms with Crippen molar-refractivity contribution in [1.29, 1.82) is 0 Å². The summed E-state index contributed by atoms with van der Waals surface area (Å²) < 4.78 is 3.49. The van der Waals surface area contributed by atoms with Crippen LogP contribution in [0.5, 0.6) is 0 Å². The first-order valence-corrected chi connectivity index (χ1v) is 14.7. The molecule has 7 aromatic rings. The molecule has 0 N–H and O–H groups in total. The molecule has 192 valence electrons. The van der Waals surface area contributed by atoms with Gasteiger partial charge in [0.15, 0.2) is 0 Å². The van der Waals surface area contributed by atoms with Crippen LogP contribution in [0, 0.1) is 0 Å². The number of fused-ring (bicyclic) bond motifs is 6. The van der Waals surface area contributed by atoms with E-state index in [-0.39, 0.29) is 0 Å². The van der Waals surface area contributed by atoms with Gasteiger partial charge in [-0.2, -0.15) is 0 Å². The molecular formula is C35H25N3S2. The molecule has 0 aliphatic heterocycles. The number of hydrogen-bond acceptors (Lipinski definition) is 4. The van der Waals surface area contributed by atoms with E-state index >= 15 is 0 Å². The monoisotopic (exact) mass is 551 g/mol. The van der Waals surface area contributed by atoms with E-state index in [1.54, 1.807) is 22.7 Å². The van der Waals surface area contributed by atoms with Gasteiger partial charge in [-0.1, -0.05) is 92.0 Å². The van der Waals surface area contributed by atoms with Gasteiger partial charge in [0.05, 0.1) is 16.7 Å². The first-order valence-electron chi connectivity index (χ1n) is 13.0. The molecule has 0 amide bonds. The lowest BCUT2D eigenvalue weighted by atomic mass is 10.0. The normalized spacial score (nSPS) is 12.1. The van der Waals surface area contributed by atoms with Crippen LogP contribution in [-0.2, 0) is 6.67 Å². The quantitative estimate of drug-likeness (QED) is 0.176. The van der Waals surface area contributed by atoms with E-state index in [9.17, 15) is 0 Å². The predicted octanol–water partition coefficient (Wildman–Crippen LogP) is 10.3. The van der Waals surface area contributed by atoms with E-state index in [2.05, 4.69) is 120 Å². The fourth-order valence-electron chi connectivity index (χ4n) is 5.74. The molecule has 0 saturated heterocycles. The lowest BCUT2D eigenvalue weighted by Gasteiger charge is -2.11. The van der Waals surface area contributed by atoms with Gasteiger partial charge in [-0.3, -0.25) is 9.98 Å². The number of aromatic nitrogens is 1. The van der Waals surface area contributed by atoms with Crippen molar-refractivity contribution in [2.45, 2.75) is 6.67 Å². The van der Waals surface area contributed by atoms with Gasteiger partial charge < -0.3 is 4.57 Å². The number of thiophene rings is 2. The van der Waals surface area contributed by atoms with Crippen LogP contribution in [0.4, 0.5) is 5.00 Å². The molecule has 40 heavy (non-hydrogen) atoms. The first-order chi connectivity index (χ1) is 19.7. The molecule has 0 unspecified atom stereocenters. The van der Waals surface area contributed by atoms with Crippen LogP contribution in [0.3, 0.4) is 0 Å². The SMILES string of the molecule is C=Cc1sc2c(/C(=N/Cn3c4ccccc4c4c5ccccc5ccc43)c3ccsc3N=C)cccc2c1C=C. The van der Waals surface area contributed by atoms with Gasteiger partial charge in [0.25, 0.3) is 0 Å². The zero-order chi connectivity index (χ0) is 27.2. The van der Waals surface area contributed by atoms with E-state index in [4.69, 9.17) is 4.99 Å². The van der Waals surface area contributed by atoms with Crippen LogP contribution in [-0.4, -0.2) is 17.0 Å². The highest BCUT2D eigenvalue weighted by molar-refractivity contribution is 7.20. The molecule has 0 fully saturated rings. The van der Waals surface area contributed by atoms with Crippen LogP contribution < -0.4 is 0 Å². The van der Waals surface area contributed by atoms with Crippen molar-refractivity contribution in [3.05, 3.63) is 125 Å². The minimum Gasteiger partial charge on any atom is -0.320 e. The minimum absolute atomic E-state index is 0.467. The Hall–Kier alpha value is -4.58. The Labute approximate surface area is 240 Å². The molecule has 0 aliphatic rings. The molecule has 0 spiro atoms. The van der Waals surface area contributed by atoms with Crippen LogP contribution in [0.1, 0.15) is 21.6 Å². The third kappa shape index (κ3) is 3.70. The van der Waals surface area contributed by atoms with Crippen LogP contribution in [0.2, 0.25) is 0 Å². The van der Waals surface area contributed by atoms with Gasteiger partial charge in [0.1, 0.15) is 11.7 Å². The second-order valence-electron chi connectivity index (χ2n) is 9.54. The molecule has 0 saturated carbocycles. The van der Waals surface area contributed by atoms with E-state index in [0.717, 1.165) is 37.7 Å². The Kier molecular flexibility index (Phi) is 6.03.